The van der Waals surface area contributed by atoms with Crippen LogP contribution < -0.4 is 4.90 Å². The number of carbonyl (C=O) groups is 1. The molecule has 1 aliphatic rings. The second-order valence-corrected chi connectivity index (χ2v) is 5.44. The third kappa shape index (κ3) is 3.21. The standard InChI is InChI=1S/C15H18N2O4/c1-10(2)8-16-9-12(15(18)21-3)6-11-7-13(17(19)20)4-5-14(11)16/h4-7,10H,8-9H2,1-3H3. The minimum absolute atomic E-state index is 0.0145. The van der Waals surface area contributed by atoms with Gasteiger partial charge in [0, 0.05) is 29.9 Å². The second-order valence-electron chi connectivity index (χ2n) is 5.44. The van der Waals surface area contributed by atoms with Crippen molar-refractivity contribution < 1.29 is 14.5 Å². The zero-order chi connectivity index (χ0) is 15.6. The van der Waals surface area contributed by atoms with Crippen LogP contribution in [0.25, 0.3) is 6.08 Å². The minimum Gasteiger partial charge on any atom is -0.466 e. The molecule has 0 bridgehead atoms. The van der Waals surface area contributed by atoms with Crippen LogP contribution in [0, 0.1) is 16.0 Å². The average molecular weight is 290 g/mol. The Hall–Kier alpha value is -2.37. The Balaban J connectivity index is 2.47. The lowest BCUT2D eigenvalue weighted by molar-refractivity contribution is -0.384. The van der Waals surface area contributed by atoms with Crippen molar-refractivity contribution in [3.05, 3.63) is 39.4 Å². The van der Waals surface area contributed by atoms with Gasteiger partial charge in [0.05, 0.1) is 24.2 Å². The van der Waals surface area contributed by atoms with E-state index in [4.69, 9.17) is 4.74 Å². The van der Waals surface area contributed by atoms with Crippen LogP contribution in [0.1, 0.15) is 19.4 Å². The smallest absolute Gasteiger partial charge is 0.335 e. The highest BCUT2D eigenvalue weighted by Crippen LogP contribution is 2.32. The Labute approximate surface area is 123 Å². The number of fused-ring (bicyclic) bond motifs is 1. The second kappa shape index (κ2) is 5.95. The molecule has 0 saturated carbocycles. The van der Waals surface area contributed by atoms with Crippen molar-refractivity contribution in [2.24, 2.45) is 5.92 Å². The van der Waals surface area contributed by atoms with E-state index in [9.17, 15) is 14.9 Å². The zero-order valence-corrected chi connectivity index (χ0v) is 12.3. The van der Waals surface area contributed by atoms with Crippen LogP contribution in [-0.2, 0) is 9.53 Å². The van der Waals surface area contributed by atoms with Gasteiger partial charge in [-0.2, -0.15) is 0 Å². The maximum absolute atomic E-state index is 11.8. The van der Waals surface area contributed by atoms with Gasteiger partial charge < -0.3 is 9.64 Å². The van der Waals surface area contributed by atoms with Crippen molar-refractivity contribution in [1.82, 2.24) is 0 Å². The number of nitro benzene ring substituents is 1. The first-order valence-electron chi connectivity index (χ1n) is 6.74. The third-order valence-electron chi connectivity index (χ3n) is 3.29. The summed E-state index contributed by atoms with van der Waals surface area (Å²) in [7, 11) is 1.33. The molecule has 1 aliphatic heterocycles. The third-order valence-corrected chi connectivity index (χ3v) is 3.29. The number of methoxy groups -OCH3 is 1. The maximum atomic E-state index is 11.8. The number of benzene rings is 1. The summed E-state index contributed by atoms with van der Waals surface area (Å²) in [6.45, 7) is 5.39. The van der Waals surface area contributed by atoms with E-state index >= 15 is 0 Å². The number of carbonyl (C=O) groups excluding carboxylic acids is 1. The van der Waals surface area contributed by atoms with E-state index in [0.29, 0.717) is 23.6 Å². The molecule has 0 spiro atoms. The van der Waals surface area contributed by atoms with E-state index in [-0.39, 0.29) is 5.69 Å². The Bertz CT molecular complexity index is 608. The molecule has 0 aliphatic carbocycles. The Kier molecular flexibility index (Phi) is 4.26. The predicted molar refractivity (Wildman–Crippen MR) is 80.1 cm³/mol. The van der Waals surface area contributed by atoms with Gasteiger partial charge in [0.1, 0.15) is 0 Å². The van der Waals surface area contributed by atoms with Crippen LogP contribution in [-0.4, -0.2) is 31.1 Å². The summed E-state index contributed by atoms with van der Waals surface area (Å²) in [6.07, 6.45) is 1.67. The Morgan fingerprint density at radius 2 is 2.19 bits per heavy atom. The quantitative estimate of drug-likeness (QED) is 0.484. The number of ether oxygens (including phenoxy) is 1. The molecule has 0 atom stereocenters. The molecule has 0 N–H and O–H groups in total. The van der Waals surface area contributed by atoms with Gasteiger partial charge in [-0.1, -0.05) is 13.8 Å². The first-order chi connectivity index (χ1) is 9.92. The van der Waals surface area contributed by atoms with Crippen molar-refractivity contribution >= 4 is 23.4 Å². The summed E-state index contributed by atoms with van der Waals surface area (Å²) >= 11 is 0. The number of hydrogen-bond acceptors (Lipinski definition) is 5. The maximum Gasteiger partial charge on any atom is 0.335 e. The molecule has 1 heterocycles. The van der Waals surface area contributed by atoms with Crippen LogP contribution in [0.15, 0.2) is 23.8 Å². The summed E-state index contributed by atoms with van der Waals surface area (Å²) in [5.41, 5.74) is 2.10. The molecule has 1 aromatic rings. The fourth-order valence-electron chi connectivity index (χ4n) is 2.44. The van der Waals surface area contributed by atoms with Gasteiger partial charge >= 0.3 is 5.97 Å². The highest BCUT2D eigenvalue weighted by Gasteiger charge is 2.24. The lowest BCUT2D eigenvalue weighted by Gasteiger charge is -2.31. The lowest BCUT2D eigenvalue weighted by atomic mass is 10.0. The molecule has 0 aromatic heterocycles. The molecule has 6 nitrogen and oxygen atoms in total. The largest absolute Gasteiger partial charge is 0.466 e. The normalized spacial score (nSPS) is 13.7. The molecule has 0 saturated heterocycles. The summed E-state index contributed by atoms with van der Waals surface area (Å²) in [5, 5.41) is 10.9. The summed E-state index contributed by atoms with van der Waals surface area (Å²) in [4.78, 5) is 24.3. The fourth-order valence-corrected chi connectivity index (χ4v) is 2.44. The van der Waals surface area contributed by atoms with Crippen LogP contribution >= 0.6 is 0 Å². The first-order valence-corrected chi connectivity index (χ1v) is 6.74. The van der Waals surface area contributed by atoms with Gasteiger partial charge in [0.15, 0.2) is 0 Å². The fraction of sp³-hybridized carbons (Fsp3) is 0.400. The molecule has 112 valence electrons. The van der Waals surface area contributed by atoms with Crippen molar-refractivity contribution in [2.75, 3.05) is 25.1 Å². The number of nitro groups is 1. The van der Waals surface area contributed by atoms with Gasteiger partial charge in [-0.25, -0.2) is 4.79 Å². The van der Waals surface area contributed by atoms with Crippen molar-refractivity contribution in [2.45, 2.75) is 13.8 Å². The van der Waals surface area contributed by atoms with E-state index in [2.05, 4.69) is 18.7 Å². The van der Waals surface area contributed by atoms with Gasteiger partial charge in [0.25, 0.3) is 5.69 Å². The molecule has 0 amide bonds. The summed E-state index contributed by atoms with van der Waals surface area (Å²) in [6, 6.07) is 4.72. The molecule has 0 fully saturated rings. The first kappa shape index (κ1) is 15.0. The van der Waals surface area contributed by atoms with Gasteiger partial charge in [-0.05, 0) is 18.1 Å². The lowest BCUT2D eigenvalue weighted by Crippen LogP contribution is -2.34. The molecule has 21 heavy (non-hydrogen) atoms. The Morgan fingerprint density at radius 3 is 2.76 bits per heavy atom. The van der Waals surface area contributed by atoms with E-state index in [0.717, 1.165) is 12.2 Å². The summed E-state index contributed by atoms with van der Waals surface area (Å²) < 4.78 is 4.77. The minimum atomic E-state index is -0.437. The van der Waals surface area contributed by atoms with Crippen LogP contribution in [0.5, 0.6) is 0 Å². The monoisotopic (exact) mass is 290 g/mol. The number of esters is 1. The van der Waals surface area contributed by atoms with Crippen molar-refractivity contribution in [3.8, 4) is 0 Å². The average Bonchev–Trinajstić information content (AvgIpc) is 2.44. The number of hydrogen-bond donors (Lipinski definition) is 0. The van der Waals surface area contributed by atoms with Gasteiger partial charge in [-0.15, -0.1) is 0 Å². The van der Waals surface area contributed by atoms with Crippen molar-refractivity contribution in [3.63, 3.8) is 0 Å². The number of anilines is 1. The van der Waals surface area contributed by atoms with E-state index in [1.54, 1.807) is 12.1 Å². The molecule has 6 heteroatoms. The molecule has 2 rings (SSSR count). The van der Waals surface area contributed by atoms with Gasteiger partial charge in [-0.3, -0.25) is 10.1 Å². The predicted octanol–water partition coefficient (Wildman–Crippen LogP) is 2.63. The number of nitrogens with zero attached hydrogens (tertiary/aromatic N) is 2. The van der Waals surface area contributed by atoms with E-state index < -0.39 is 10.9 Å². The molecule has 1 aromatic carbocycles. The SMILES string of the molecule is COC(=O)C1=Cc2cc([N+](=O)[O-])ccc2N(CC(C)C)C1. The topological polar surface area (TPSA) is 72.7 Å². The zero-order valence-electron chi connectivity index (χ0n) is 12.3. The molecule has 0 unspecified atom stereocenters. The van der Waals surface area contributed by atoms with E-state index in [1.807, 2.05) is 0 Å². The van der Waals surface area contributed by atoms with Crippen molar-refractivity contribution in [1.29, 1.82) is 0 Å². The number of non-ortho nitro benzene ring substituents is 1. The van der Waals surface area contributed by atoms with Gasteiger partial charge in [0.2, 0.25) is 0 Å². The molecule has 0 radical (unpaired) electrons. The Morgan fingerprint density at radius 1 is 1.48 bits per heavy atom. The molecular formula is C15H18N2O4. The van der Waals surface area contributed by atoms with Crippen LogP contribution in [0.3, 0.4) is 0 Å². The number of rotatable bonds is 4. The summed E-state index contributed by atoms with van der Waals surface area (Å²) in [5.74, 6) is 0.00551. The highest BCUT2D eigenvalue weighted by atomic mass is 16.6. The van der Waals surface area contributed by atoms with E-state index in [1.165, 1.54) is 19.2 Å². The molecular weight excluding hydrogens is 272 g/mol. The van der Waals surface area contributed by atoms with Crippen LogP contribution in [0.4, 0.5) is 11.4 Å². The van der Waals surface area contributed by atoms with Crippen LogP contribution in [0.2, 0.25) is 0 Å². The highest BCUT2D eigenvalue weighted by molar-refractivity contribution is 5.97.